The van der Waals surface area contributed by atoms with E-state index in [-0.39, 0.29) is 5.78 Å². The zero-order valence-corrected chi connectivity index (χ0v) is 12.0. The van der Waals surface area contributed by atoms with Crippen molar-refractivity contribution in [1.82, 2.24) is 0 Å². The standard InChI is InChI=1S/C16H17NOS/c1-9-3-6-11(7-4-9)14(18)13-12-8-5-10(2)15(12)19-16(13)17/h3-4,6-7,10H,5,8,17H2,1-2H3. The summed E-state index contributed by atoms with van der Waals surface area (Å²) in [6, 6.07) is 7.72. The summed E-state index contributed by atoms with van der Waals surface area (Å²) >= 11 is 1.59. The fourth-order valence-corrected chi connectivity index (χ4v) is 3.94. The van der Waals surface area contributed by atoms with E-state index in [0.29, 0.717) is 10.9 Å². The van der Waals surface area contributed by atoms with Gasteiger partial charge in [0.05, 0.1) is 10.6 Å². The van der Waals surface area contributed by atoms with Gasteiger partial charge in [-0.15, -0.1) is 11.3 Å². The predicted molar refractivity (Wildman–Crippen MR) is 80.1 cm³/mol. The quantitative estimate of drug-likeness (QED) is 0.841. The summed E-state index contributed by atoms with van der Waals surface area (Å²) in [5, 5.41) is 0.683. The Morgan fingerprint density at radius 3 is 2.68 bits per heavy atom. The minimum atomic E-state index is 0.0732. The summed E-state index contributed by atoms with van der Waals surface area (Å²) in [4.78, 5) is 13.9. The fraction of sp³-hybridized carbons (Fsp3) is 0.312. The van der Waals surface area contributed by atoms with Crippen molar-refractivity contribution in [3.63, 3.8) is 0 Å². The van der Waals surface area contributed by atoms with Crippen LogP contribution in [0.4, 0.5) is 5.00 Å². The number of hydrogen-bond donors (Lipinski definition) is 1. The van der Waals surface area contributed by atoms with Crippen molar-refractivity contribution in [2.75, 3.05) is 5.73 Å². The summed E-state index contributed by atoms with van der Waals surface area (Å²) in [6.07, 6.45) is 2.12. The zero-order chi connectivity index (χ0) is 13.6. The summed E-state index contributed by atoms with van der Waals surface area (Å²) in [6.45, 7) is 4.23. The minimum Gasteiger partial charge on any atom is -0.390 e. The van der Waals surface area contributed by atoms with E-state index in [1.807, 2.05) is 31.2 Å². The second-order valence-corrected chi connectivity index (χ2v) is 6.40. The molecule has 1 unspecified atom stereocenters. The average Bonchev–Trinajstić information content (AvgIpc) is 2.89. The van der Waals surface area contributed by atoms with Crippen molar-refractivity contribution >= 4 is 22.1 Å². The van der Waals surface area contributed by atoms with Gasteiger partial charge >= 0.3 is 0 Å². The van der Waals surface area contributed by atoms with Gasteiger partial charge in [-0.3, -0.25) is 4.79 Å². The molecule has 0 aliphatic heterocycles. The van der Waals surface area contributed by atoms with E-state index in [0.717, 1.165) is 29.5 Å². The molecule has 2 nitrogen and oxygen atoms in total. The number of nitrogens with two attached hydrogens (primary N) is 1. The molecule has 1 aliphatic carbocycles. The minimum absolute atomic E-state index is 0.0732. The van der Waals surface area contributed by atoms with Crippen LogP contribution in [-0.2, 0) is 6.42 Å². The molecular formula is C16H17NOS. The highest BCUT2D eigenvalue weighted by Crippen LogP contribution is 2.44. The number of thiophene rings is 1. The normalized spacial score (nSPS) is 17.5. The Morgan fingerprint density at radius 2 is 2.00 bits per heavy atom. The van der Waals surface area contributed by atoms with Crippen LogP contribution in [0.1, 0.15) is 51.2 Å². The molecule has 1 atom stereocenters. The molecule has 1 heterocycles. The molecule has 1 aliphatic rings. The number of carbonyl (C=O) groups excluding carboxylic acids is 1. The number of fused-ring (bicyclic) bond motifs is 1. The Morgan fingerprint density at radius 1 is 1.32 bits per heavy atom. The molecule has 0 saturated heterocycles. The topological polar surface area (TPSA) is 43.1 Å². The number of anilines is 1. The van der Waals surface area contributed by atoms with E-state index in [1.54, 1.807) is 11.3 Å². The van der Waals surface area contributed by atoms with Gasteiger partial charge in [-0.2, -0.15) is 0 Å². The van der Waals surface area contributed by atoms with E-state index in [1.165, 1.54) is 10.4 Å². The molecular weight excluding hydrogens is 254 g/mol. The maximum absolute atomic E-state index is 12.6. The first kappa shape index (κ1) is 12.4. The number of ketones is 1. The molecule has 2 aromatic rings. The Bertz CT molecular complexity index is 640. The van der Waals surface area contributed by atoms with Crippen LogP contribution >= 0.6 is 11.3 Å². The molecule has 0 fully saturated rings. The van der Waals surface area contributed by atoms with Crippen LogP contribution in [0, 0.1) is 6.92 Å². The number of hydrogen-bond acceptors (Lipinski definition) is 3. The van der Waals surface area contributed by atoms with Gasteiger partial charge in [0.15, 0.2) is 5.78 Å². The third kappa shape index (κ3) is 1.98. The van der Waals surface area contributed by atoms with Gasteiger partial charge in [-0.05, 0) is 31.2 Å². The van der Waals surface area contributed by atoms with Gasteiger partial charge in [-0.25, -0.2) is 0 Å². The van der Waals surface area contributed by atoms with Crippen LogP contribution in [0.2, 0.25) is 0 Å². The molecule has 1 aromatic carbocycles. The number of aryl methyl sites for hydroxylation is 1. The van der Waals surface area contributed by atoms with Crippen LogP contribution in [0.15, 0.2) is 24.3 Å². The monoisotopic (exact) mass is 271 g/mol. The van der Waals surface area contributed by atoms with E-state index in [9.17, 15) is 4.79 Å². The van der Waals surface area contributed by atoms with E-state index < -0.39 is 0 Å². The van der Waals surface area contributed by atoms with Gasteiger partial charge in [-0.1, -0.05) is 36.8 Å². The largest absolute Gasteiger partial charge is 0.390 e. The average molecular weight is 271 g/mol. The lowest BCUT2D eigenvalue weighted by atomic mass is 9.99. The Kier molecular flexibility index (Phi) is 2.94. The molecule has 3 heteroatoms. The van der Waals surface area contributed by atoms with Crippen LogP contribution in [0.25, 0.3) is 0 Å². The van der Waals surface area contributed by atoms with Crippen LogP contribution in [0.3, 0.4) is 0 Å². The third-order valence-electron chi connectivity index (χ3n) is 3.88. The van der Waals surface area contributed by atoms with Crippen LogP contribution < -0.4 is 5.73 Å². The van der Waals surface area contributed by atoms with Crippen molar-refractivity contribution in [3.8, 4) is 0 Å². The molecule has 0 radical (unpaired) electrons. The maximum atomic E-state index is 12.6. The van der Waals surface area contributed by atoms with E-state index in [4.69, 9.17) is 5.73 Å². The second kappa shape index (κ2) is 4.49. The molecule has 3 rings (SSSR count). The van der Waals surface area contributed by atoms with Crippen LogP contribution in [-0.4, -0.2) is 5.78 Å². The summed E-state index contributed by atoms with van der Waals surface area (Å²) in [5.41, 5.74) is 9.93. The number of benzene rings is 1. The Balaban J connectivity index is 2.05. The molecule has 98 valence electrons. The highest BCUT2D eigenvalue weighted by atomic mass is 32.1. The van der Waals surface area contributed by atoms with Gasteiger partial charge < -0.3 is 5.73 Å². The first-order chi connectivity index (χ1) is 9.08. The number of rotatable bonds is 2. The number of nitrogen functional groups attached to an aromatic ring is 1. The van der Waals surface area contributed by atoms with E-state index in [2.05, 4.69) is 6.92 Å². The van der Waals surface area contributed by atoms with Crippen molar-refractivity contribution in [2.45, 2.75) is 32.6 Å². The van der Waals surface area contributed by atoms with Crippen molar-refractivity contribution in [3.05, 3.63) is 51.4 Å². The highest BCUT2D eigenvalue weighted by Gasteiger charge is 2.29. The molecule has 0 bridgehead atoms. The van der Waals surface area contributed by atoms with Crippen molar-refractivity contribution < 1.29 is 4.79 Å². The van der Waals surface area contributed by atoms with Crippen molar-refractivity contribution in [1.29, 1.82) is 0 Å². The number of carbonyl (C=O) groups is 1. The molecule has 19 heavy (non-hydrogen) atoms. The van der Waals surface area contributed by atoms with Gasteiger partial charge in [0, 0.05) is 10.4 Å². The Hall–Kier alpha value is -1.61. The highest BCUT2D eigenvalue weighted by molar-refractivity contribution is 7.16. The zero-order valence-electron chi connectivity index (χ0n) is 11.2. The molecule has 0 saturated carbocycles. The summed E-state index contributed by atoms with van der Waals surface area (Å²) in [5.74, 6) is 0.617. The fourth-order valence-electron chi connectivity index (χ4n) is 2.74. The summed E-state index contributed by atoms with van der Waals surface area (Å²) in [7, 11) is 0. The lowest BCUT2D eigenvalue weighted by molar-refractivity contribution is 0.103. The second-order valence-electron chi connectivity index (χ2n) is 5.32. The first-order valence-electron chi connectivity index (χ1n) is 6.60. The summed E-state index contributed by atoms with van der Waals surface area (Å²) < 4.78 is 0. The Labute approximate surface area is 117 Å². The molecule has 0 amide bonds. The smallest absolute Gasteiger partial charge is 0.196 e. The predicted octanol–water partition coefficient (Wildman–Crippen LogP) is 3.92. The van der Waals surface area contributed by atoms with Gasteiger partial charge in [0.25, 0.3) is 0 Å². The van der Waals surface area contributed by atoms with Crippen molar-refractivity contribution in [2.24, 2.45) is 0 Å². The lowest BCUT2D eigenvalue weighted by Crippen LogP contribution is -2.05. The lowest BCUT2D eigenvalue weighted by Gasteiger charge is -2.03. The van der Waals surface area contributed by atoms with Gasteiger partial charge in [0.1, 0.15) is 0 Å². The SMILES string of the molecule is Cc1ccc(C(=O)c2c(N)sc3c2CCC3C)cc1. The molecule has 0 spiro atoms. The first-order valence-corrected chi connectivity index (χ1v) is 7.42. The molecule has 2 N–H and O–H groups in total. The van der Waals surface area contributed by atoms with Gasteiger partial charge in [0.2, 0.25) is 0 Å². The van der Waals surface area contributed by atoms with E-state index >= 15 is 0 Å². The maximum Gasteiger partial charge on any atom is 0.196 e. The van der Waals surface area contributed by atoms with Crippen LogP contribution in [0.5, 0.6) is 0 Å². The molecule has 1 aromatic heterocycles. The third-order valence-corrected chi connectivity index (χ3v) is 5.17.